The van der Waals surface area contributed by atoms with Crippen molar-refractivity contribution in [1.29, 1.82) is 0 Å². The van der Waals surface area contributed by atoms with Crippen LogP contribution in [-0.2, 0) is 9.84 Å². The van der Waals surface area contributed by atoms with E-state index in [0.29, 0.717) is 22.4 Å². The molecule has 31 heavy (non-hydrogen) atoms. The third-order valence-electron chi connectivity index (χ3n) is 4.49. The fourth-order valence-corrected chi connectivity index (χ4v) is 3.76. The van der Waals surface area contributed by atoms with Crippen molar-refractivity contribution >= 4 is 45.7 Å². The molecule has 1 heterocycles. The van der Waals surface area contributed by atoms with Crippen molar-refractivity contribution in [3.63, 3.8) is 0 Å². The molecule has 0 spiro atoms. The highest BCUT2D eigenvalue weighted by Gasteiger charge is 2.46. The highest BCUT2D eigenvalue weighted by molar-refractivity contribution is 7.92. The van der Waals surface area contributed by atoms with Gasteiger partial charge < -0.3 is 5.32 Å². The molecular formula is C21H13BF3N3O2S. The monoisotopic (exact) mass is 439 g/mol. The van der Waals surface area contributed by atoms with Gasteiger partial charge in [0.1, 0.15) is 7.85 Å². The third-order valence-corrected chi connectivity index (χ3v) is 5.99. The number of sulfone groups is 1. The number of alkyl halides is 3. The first kappa shape index (κ1) is 20.9. The molecule has 0 fully saturated rings. The molecule has 0 aliphatic carbocycles. The lowest BCUT2D eigenvalue weighted by Gasteiger charge is -2.12. The number of fused-ring (bicyclic) bond motifs is 1. The van der Waals surface area contributed by atoms with Crippen LogP contribution in [0.25, 0.3) is 22.2 Å². The van der Waals surface area contributed by atoms with E-state index in [1.165, 1.54) is 12.1 Å². The summed E-state index contributed by atoms with van der Waals surface area (Å²) < 4.78 is 61.2. The smallest absolute Gasteiger partial charge is 0.324 e. The molecule has 0 unspecified atom stereocenters. The Morgan fingerprint density at radius 3 is 2.19 bits per heavy atom. The molecule has 4 rings (SSSR count). The van der Waals surface area contributed by atoms with Crippen LogP contribution in [0.15, 0.2) is 77.7 Å². The molecular weight excluding hydrogens is 426 g/mol. The second kappa shape index (κ2) is 7.70. The zero-order valence-electron chi connectivity index (χ0n) is 15.8. The number of nitrogens with zero attached hydrogens (tertiary/aromatic N) is 2. The Hall–Kier alpha value is -3.40. The number of benzene rings is 3. The Kier molecular flexibility index (Phi) is 5.18. The van der Waals surface area contributed by atoms with Crippen molar-refractivity contribution in [2.45, 2.75) is 10.4 Å². The summed E-state index contributed by atoms with van der Waals surface area (Å²) in [6.07, 6.45) is 0. The van der Waals surface area contributed by atoms with Gasteiger partial charge in [0.2, 0.25) is 5.95 Å². The summed E-state index contributed by atoms with van der Waals surface area (Å²) in [4.78, 5) is 8.13. The number of aromatic nitrogens is 2. The molecule has 0 aliphatic heterocycles. The lowest BCUT2D eigenvalue weighted by Crippen LogP contribution is -2.23. The summed E-state index contributed by atoms with van der Waals surface area (Å²) >= 11 is 0. The molecule has 4 aromatic rings. The first-order valence-electron chi connectivity index (χ1n) is 8.96. The minimum absolute atomic E-state index is 0.197. The molecule has 0 saturated heterocycles. The van der Waals surface area contributed by atoms with Gasteiger partial charge >= 0.3 is 5.51 Å². The van der Waals surface area contributed by atoms with Gasteiger partial charge in [0.25, 0.3) is 9.84 Å². The van der Waals surface area contributed by atoms with Gasteiger partial charge in [-0.3, -0.25) is 0 Å². The average Bonchev–Trinajstić information content (AvgIpc) is 2.74. The van der Waals surface area contributed by atoms with E-state index >= 15 is 0 Å². The van der Waals surface area contributed by atoms with Gasteiger partial charge in [-0.15, -0.1) is 0 Å². The first-order chi connectivity index (χ1) is 14.6. The molecule has 10 heteroatoms. The quantitative estimate of drug-likeness (QED) is 0.485. The van der Waals surface area contributed by atoms with Crippen molar-refractivity contribution in [1.82, 2.24) is 9.97 Å². The minimum atomic E-state index is -5.41. The molecule has 0 aliphatic rings. The number of nitrogens with one attached hydrogen (secondary N) is 1. The normalized spacial score (nSPS) is 12.1. The Balaban J connectivity index is 1.74. The van der Waals surface area contributed by atoms with Gasteiger partial charge in [0.05, 0.1) is 16.1 Å². The Morgan fingerprint density at radius 1 is 0.871 bits per heavy atom. The first-order valence-corrected chi connectivity index (χ1v) is 10.4. The van der Waals surface area contributed by atoms with Crippen molar-refractivity contribution in [3.8, 4) is 11.3 Å². The maximum absolute atomic E-state index is 12.7. The minimum Gasteiger partial charge on any atom is -0.324 e. The topological polar surface area (TPSA) is 72.0 Å². The van der Waals surface area contributed by atoms with Crippen molar-refractivity contribution in [3.05, 3.63) is 72.8 Å². The van der Waals surface area contributed by atoms with Crippen molar-refractivity contribution < 1.29 is 21.6 Å². The standard InChI is InChI=1S/C21H13BF3N3O2S/c22-14-6-11-18-17(12-14)19(13-4-2-1-3-5-13)28-20(27-18)26-15-7-9-16(10-8-15)31(29,30)21(23,24)25/h1-12H,(H,26,27,28). The zero-order valence-corrected chi connectivity index (χ0v) is 16.6. The van der Waals surface area contributed by atoms with Crippen LogP contribution in [0.5, 0.6) is 0 Å². The van der Waals surface area contributed by atoms with Crippen LogP contribution >= 0.6 is 0 Å². The highest BCUT2D eigenvalue weighted by Crippen LogP contribution is 2.31. The average molecular weight is 439 g/mol. The van der Waals surface area contributed by atoms with Gasteiger partial charge in [-0.05, 0) is 30.3 Å². The van der Waals surface area contributed by atoms with Gasteiger partial charge in [-0.25, -0.2) is 18.4 Å². The number of hydrogen-bond donors (Lipinski definition) is 1. The molecule has 1 aromatic heterocycles. The van der Waals surface area contributed by atoms with E-state index in [9.17, 15) is 21.6 Å². The highest BCUT2D eigenvalue weighted by atomic mass is 32.2. The fraction of sp³-hybridized carbons (Fsp3) is 0.0476. The molecule has 5 nitrogen and oxygen atoms in total. The van der Waals surface area contributed by atoms with E-state index in [4.69, 9.17) is 7.85 Å². The predicted molar refractivity (Wildman–Crippen MR) is 113 cm³/mol. The largest absolute Gasteiger partial charge is 0.501 e. The van der Waals surface area contributed by atoms with Gasteiger partial charge in [0.15, 0.2) is 0 Å². The molecule has 0 atom stereocenters. The SMILES string of the molecule is [B]c1ccc2nc(Nc3ccc(S(=O)(=O)C(F)(F)F)cc3)nc(-c3ccccc3)c2c1. The maximum atomic E-state index is 12.7. The van der Waals surface area contributed by atoms with E-state index in [1.807, 2.05) is 30.3 Å². The Labute approximate surface area is 177 Å². The second-order valence-electron chi connectivity index (χ2n) is 6.64. The molecule has 154 valence electrons. The van der Waals surface area contributed by atoms with E-state index in [0.717, 1.165) is 23.1 Å². The summed E-state index contributed by atoms with van der Waals surface area (Å²) in [6, 6.07) is 18.8. The summed E-state index contributed by atoms with van der Waals surface area (Å²) in [5.74, 6) is 0.197. The van der Waals surface area contributed by atoms with Crippen LogP contribution in [0, 0.1) is 0 Å². The van der Waals surface area contributed by atoms with Crippen LogP contribution in [0.1, 0.15) is 0 Å². The summed E-state index contributed by atoms with van der Waals surface area (Å²) in [7, 11) is 0.499. The molecule has 0 saturated carbocycles. The van der Waals surface area contributed by atoms with Crippen LogP contribution < -0.4 is 10.8 Å². The van der Waals surface area contributed by atoms with Gasteiger partial charge in [-0.1, -0.05) is 47.9 Å². The second-order valence-corrected chi connectivity index (χ2v) is 8.58. The van der Waals surface area contributed by atoms with Gasteiger partial charge in [-0.2, -0.15) is 13.2 Å². The van der Waals surface area contributed by atoms with Gasteiger partial charge in [0, 0.05) is 16.6 Å². The van der Waals surface area contributed by atoms with Crippen LogP contribution in [0.2, 0.25) is 0 Å². The number of anilines is 2. The van der Waals surface area contributed by atoms with Crippen LogP contribution in [0.3, 0.4) is 0 Å². The maximum Gasteiger partial charge on any atom is 0.501 e. The summed E-state index contributed by atoms with van der Waals surface area (Å²) in [5, 5.41) is 3.65. The van der Waals surface area contributed by atoms with Crippen molar-refractivity contribution in [2.75, 3.05) is 5.32 Å². The summed E-state index contributed by atoms with van der Waals surface area (Å²) in [5.41, 5.74) is -2.42. The van der Waals surface area contributed by atoms with E-state index in [2.05, 4.69) is 15.3 Å². The third kappa shape index (κ3) is 4.11. The lowest BCUT2D eigenvalue weighted by atomic mass is 9.93. The van der Waals surface area contributed by atoms with E-state index in [-0.39, 0.29) is 5.95 Å². The van der Waals surface area contributed by atoms with E-state index in [1.54, 1.807) is 18.2 Å². The molecule has 1 N–H and O–H groups in total. The number of hydrogen-bond acceptors (Lipinski definition) is 5. The molecule has 3 aromatic carbocycles. The molecule has 2 radical (unpaired) electrons. The Morgan fingerprint density at radius 2 is 1.55 bits per heavy atom. The Bertz CT molecular complexity index is 1360. The van der Waals surface area contributed by atoms with Crippen molar-refractivity contribution in [2.24, 2.45) is 0 Å². The van der Waals surface area contributed by atoms with Crippen LogP contribution in [0.4, 0.5) is 24.8 Å². The number of halogens is 3. The summed E-state index contributed by atoms with van der Waals surface area (Å²) in [6.45, 7) is 0. The lowest BCUT2D eigenvalue weighted by molar-refractivity contribution is -0.0436. The van der Waals surface area contributed by atoms with E-state index < -0.39 is 20.2 Å². The number of rotatable bonds is 4. The molecule has 0 amide bonds. The predicted octanol–water partition coefficient (Wildman–Crippen LogP) is 4.13. The fourth-order valence-electron chi connectivity index (χ4n) is 3.00. The zero-order chi connectivity index (χ0) is 22.2. The molecule has 0 bridgehead atoms. The van der Waals surface area contributed by atoms with Crippen LogP contribution in [-0.4, -0.2) is 31.7 Å².